The number of hydrogen-bond donors (Lipinski definition) is 1. The summed E-state index contributed by atoms with van der Waals surface area (Å²) in [6.45, 7) is 4.94. The number of fused-ring (bicyclic) bond motifs is 1. The number of aromatic nitrogens is 4. The van der Waals surface area contributed by atoms with Crippen molar-refractivity contribution in [3.05, 3.63) is 36.4 Å². The van der Waals surface area contributed by atoms with Gasteiger partial charge in [-0.2, -0.15) is 5.10 Å². The molecule has 2 fully saturated rings. The second-order valence-electron chi connectivity index (χ2n) is 8.50. The normalized spacial score (nSPS) is 25.2. The molecule has 2 aliphatic rings. The molecule has 0 radical (unpaired) electrons. The number of nitrogens with one attached hydrogen (secondary N) is 1. The van der Waals surface area contributed by atoms with Gasteiger partial charge in [0.05, 0.1) is 6.20 Å². The van der Waals surface area contributed by atoms with Crippen LogP contribution in [0.15, 0.2) is 30.9 Å². The van der Waals surface area contributed by atoms with Crippen LogP contribution < -0.4 is 4.98 Å². The molecule has 148 valence electrons. The van der Waals surface area contributed by atoms with Gasteiger partial charge >= 0.3 is 0 Å². The largest absolute Gasteiger partial charge is 0.442 e. The summed E-state index contributed by atoms with van der Waals surface area (Å²) >= 11 is 0. The molecule has 0 atom stereocenters. The van der Waals surface area contributed by atoms with E-state index in [1.807, 2.05) is 18.6 Å². The molecule has 6 heteroatoms. The summed E-state index contributed by atoms with van der Waals surface area (Å²) in [5, 5.41) is 8.13. The Kier molecular flexibility index (Phi) is 4.91. The topological polar surface area (TPSA) is 62.1 Å². The third-order valence-corrected chi connectivity index (χ3v) is 6.74. The van der Waals surface area contributed by atoms with Gasteiger partial charge in [0, 0.05) is 30.9 Å². The summed E-state index contributed by atoms with van der Waals surface area (Å²) < 4.78 is 0. The molecule has 0 aromatic carbocycles. The van der Waals surface area contributed by atoms with Crippen LogP contribution in [0.4, 0.5) is 0 Å². The first-order valence-electron chi connectivity index (χ1n) is 10.6. The van der Waals surface area contributed by atoms with Gasteiger partial charge in [-0.25, -0.2) is 0 Å². The first-order valence-corrected chi connectivity index (χ1v) is 10.6. The lowest BCUT2D eigenvalue weighted by molar-refractivity contribution is 0.154. The fraction of sp³-hybridized carbons (Fsp3) is 0.545. The van der Waals surface area contributed by atoms with E-state index >= 15 is 0 Å². The smallest absolute Gasteiger partial charge is 0.0565 e. The van der Waals surface area contributed by atoms with Gasteiger partial charge in [-0.3, -0.25) is 10.00 Å². The average Bonchev–Trinajstić information content (AvgIpc) is 3.35. The molecule has 1 N–H and O–H groups in total. The van der Waals surface area contributed by atoms with Gasteiger partial charge in [0.2, 0.25) is 0 Å². The van der Waals surface area contributed by atoms with Crippen LogP contribution in [0.5, 0.6) is 0 Å². The summed E-state index contributed by atoms with van der Waals surface area (Å²) in [6.07, 6.45) is 14.2. The molecule has 1 aliphatic heterocycles. The molecule has 5 rings (SSSR count). The molecular formula is C22H29N6-. The van der Waals surface area contributed by atoms with Gasteiger partial charge in [-0.1, -0.05) is 24.1 Å². The zero-order valence-electron chi connectivity index (χ0n) is 16.6. The zero-order valence-corrected chi connectivity index (χ0v) is 16.6. The van der Waals surface area contributed by atoms with Crippen molar-refractivity contribution >= 4 is 11.0 Å². The molecule has 3 aromatic rings. The number of nitrogens with zero attached hydrogens (tertiary/aromatic N) is 5. The molecule has 0 spiro atoms. The molecule has 1 saturated carbocycles. The van der Waals surface area contributed by atoms with Crippen LogP contribution in [0.2, 0.25) is 0 Å². The third kappa shape index (κ3) is 3.47. The summed E-state index contributed by atoms with van der Waals surface area (Å²) in [7, 11) is 2.25. The van der Waals surface area contributed by atoms with E-state index in [0.29, 0.717) is 5.92 Å². The van der Waals surface area contributed by atoms with E-state index in [0.717, 1.165) is 28.2 Å². The van der Waals surface area contributed by atoms with Crippen molar-refractivity contribution in [2.45, 2.75) is 44.1 Å². The number of H-pyrrole nitrogens is 1. The van der Waals surface area contributed by atoms with Crippen LogP contribution in [0.25, 0.3) is 22.2 Å². The first-order chi connectivity index (χ1) is 13.8. The molecule has 1 saturated heterocycles. The second-order valence-corrected chi connectivity index (χ2v) is 8.50. The fourth-order valence-corrected chi connectivity index (χ4v) is 5.03. The standard InChI is InChI=1S/C22H29N6/c1-27-7-2-8-28(10-9-27)19-5-3-16(4-6-19)17-11-20-21(18-13-25-26-14-18)15-24-22(20)23-12-17/h11-16,19H,2-10H2,1H3,(H-,23,24,25,26)/q-1. The van der Waals surface area contributed by atoms with Gasteiger partial charge in [-0.05, 0) is 74.7 Å². The Bertz CT molecular complexity index is 906. The van der Waals surface area contributed by atoms with Crippen molar-refractivity contribution in [3.8, 4) is 11.1 Å². The number of rotatable bonds is 3. The lowest BCUT2D eigenvalue weighted by Gasteiger charge is -2.36. The minimum absolute atomic E-state index is 0.620. The van der Waals surface area contributed by atoms with Crippen LogP contribution in [-0.2, 0) is 0 Å². The highest BCUT2D eigenvalue weighted by Crippen LogP contribution is 2.37. The Morgan fingerprint density at radius 3 is 2.79 bits per heavy atom. The van der Waals surface area contributed by atoms with Crippen LogP contribution in [0, 0.1) is 0 Å². The minimum atomic E-state index is 0.620. The van der Waals surface area contributed by atoms with E-state index in [2.05, 4.69) is 49.3 Å². The van der Waals surface area contributed by atoms with Gasteiger partial charge in [0.1, 0.15) is 0 Å². The van der Waals surface area contributed by atoms with Crippen molar-refractivity contribution in [3.63, 3.8) is 0 Å². The number of pyridine rings is 1. The predicted octanol–water partition coefficient (Wildman–Crippen LogP) is 3.25. The summed E-state index contributed by atoms with van der Waals surface area (Å²) in [6, 6.07) is 3.09. The van der Waals surface area contributed by atoms with Crippen LogP contribution in [0.1, 0.15) is 43.6 Å². The minimum Gasteiger partial charge on any atom is -0.442 e. The highest BCUT2D eigenvalue weighted by molar-refractivity contribution is 5.93. The van der Waals surface area contributed by atoms with Crippen molar-refractivity contribution in [1.29, 1.82) is 0 Å². The van der Waals surface area contributed by atoms with Crippen LogP contribution in [0.3, 0.4) is 0 Å². The highest BCUT2D eigenvalue weighted by atomic mass is 15.2. The fourth-order valence-electron chi connectivity index (χ4n) is 5.03. The van der Waals surface area contributed by atoms with Gasteiger partial charge in [-0.15, -0.1) is 0 Å². The Labute approximate surface area is 166 Å². The molecule has 28 heavy (non-hydrogen) atoms. The second kappa shape index (κ2) is 7.68. The number of hydrogen-bond acceptors (Lipinski definition) is 4. The summed E-state index contributed by atoms with van der Waals surface area (Å²) in [5.74, 6) is 0.620. The molecule has 3 aromatic heterocycles. The van der Waals surface area contributed by atoms with E-state index in [1.165, 1.54) is 63.8 Å². The zero-order chi connectivity index (χ0) is 18.9. The quantitative estimate of drug-likeness (QED) is 0.759. The monoisotopic (exact) mass is 377 g/mol. The molecule has 6 nitrogen and oxygen atoms in total. The SMILES string of the molecule is CN1CCCN(C2CCC(c3cnc4[n-]cc(-c5cn[nH]c5)c4c3)CC2)CC1. The first kappa shape index (κ1) is 17.9. The average molecular weight is 378 g/mol. The van der Waals surface area contributed by atoms with Crippen LogP contribution in [-0.4, -0.2) is 64.2 Å². The van der Waals surface area contributed by atoms with Crippen molar-refractivity contribution in [2.24, 2.45) is 0 Å². The van der Waals surface area contributed by atoms with Crippen molar-refractivity contribution in [2.75, 3.05) is 33.2 Å². The molecule has 0 bridgehead atoms. The Morgan fingerprint density at radius 2 is 1.96 bits per heavy atom. The Morgan fingerprint density at radius 1 is 1.07 bits per heavy atom. The van der Waals surface area contributed by atoms with E-state index in [1.54, 1.807) is 0 Å². The summed E-state index contributed by atoms with van der Waals surface area (Å²) in [5.41, 5.74) is 4.42. The molecule has 0 unspecified atom stereocenters. The molecule has 1 aliphatic carbocycles. The van der Waals surface area contributed by atoms with Gasteiger partial charge in [0.15, 0.2) is 0 Å². The van der Waals surface area contributed by atoms with Crippen molar-refractivity contribution in [1.82, 2.24) is 30.0 Å². The highest BCUT2D eigenvalue weighted by Gasteiger charge is 2.27. The molecular weight excluding hydrogens is 348 g/mol. The maximum atomic E-state index is 4.66. The Hall–Kier alpha value is -2.18. The molecule has 0 amide bonds. The van der Waals surface area contributed by atoms with E-state index in [-0.39, 0.29) is 0 Å². The maximum absolute atomic E-state index is 4.66. The Balaban J connectivity index is 1.30. The predicted molar refractivity (Wildman–Crippen MR) is 111 cm³/mol. The maximum Gasteiger partial charge on any atom is 0.0565 e. The van der Waals surface area contributed by atoms with Gasteiger partial charge < -0.3 is 14.9 Å². The van der Waals surface area contributed by atoms with E-state index in [4.69, 9.17) is 0 Å². The third-order valence-electron chi connectivity index (χ3n) is 6.74. The van der Waals surface area contributed by atoms with Crippen molar-refractivity contribution < 1.29 is 0 Å². The number of aromatic amines is 1. The van der Waals surface area contributed by atoms with Gasteiger partial charge in [0.25, 0.3) is 0 Å². The lowest BCUT2D eigenvalue weighted by atomic mass is 9.81. The molecule has 4 heterocycles. The van der Waals surface area contributed by atoms with Crippen LogP contribution >= 0.6 is 0 Å². The lowest BCUT2D eigenvalue weighted by Crippen LogP contribution is -2.40. The van der Waals surface area contributed by atoms with E-state index < -0.39 is 0 Å². The number of likely N-dealkylation sites (N-methyl/N-ethyl adjacent to an activating group) is 1. The van der Waals surface area contributed by atoms with E-state index in [9.17, 15) is 0 Å². The summed E-state index contributed by atoms with van der Waals surface area (Å²) in [4.78, 5) is 14.4.